The third-order valence-electron chi connectivity index (χ3n) is 3.28. The highest BCUT2D eigenvalue weighted by Gasteiger charge is 2.09. The summed E-state index contributed by atoms with van der Waals surface area (Å²) in [6.45, 7) is 4.66. The number of nitrogens with one attached hydrogen (secondary N) is 1. The summed E-state index contributed by atoms with van der Waals surface area (Å²) < 4.78 is 13.2. The lowest BCUT2D eigenvalue weighted by atomic mass is 10.1. The van der Waals surface area contributed by atoms with Gasteiger partial charge in [-0.05, 0) is 48.7 Å². The molecule has 2 aromatic rings. The Balaban J connectivity index is 2.06. The number of halogens is 2. The zero-order valence-electron chi connectivity index (χ0n) is 11.1. The maximum Gasteiger partial charge on any atom is 0.123 e. The van der Waals surface area contributed by atoms with E-state index in [9.17, 15) is 4.39 Å². The molecule has 0 saturated carbocycles. The average Bonchev–Trinajstić information content (AvgIpc) is 2.40. The highest BCUT2D eigenvalue weighted by molar-refractivity contribution is 6.31. The Bertz CT molecular complexity index is 568. The Morgan fingerprint density at radius 1 is 1.21 bits per heavy atom. The van der Waals surface area contributed by atoms with Crippen molar-refractivity contribution in [2.24, 2.45) is 0 Å². The number of hydrogen-bond donors (Lipinski definition) is 1. The van der Waals surface area contributed by atoms with Crippen LogP contribution in [-0.2, 0) is 6.54 Å². The van der Waals surface area contributed by atoms with Crippen LogP contribution in [0.1, 0.15) is 29.7 Å². The monoisotopic (exact) mass is 277 g/mol. The molecule has 2 rings (SSSR count). The van der Waals surface area contributed by atoms with E-state index in [1.807, 2.05) is 31.2 Å². The first-order valence-electron chi connectivity index (χ1n) is 6.31. The van der Waals surface area contributed by atoms with Gasteiger partial charge in [-0.3, -0.25) is 0 Å². The van der Waals surface area contributed by atoms with Gasteiger partial charge in [-0.25, -0.2) is 4.39 Å². The first-order chi connectivity index (χ1) is 9.08. The van der Waals surface area contributed by atoms with Gasteiger partial charge in [0.25, 0.3) is 0 Å². The predicted octanol–water partition coefficient (Wildman–Crippen LogP) is 4.64. The van der Waals surface area contributed by atoms with Gasteiger partial charge in [-0.15, -0.1) is 0 Å². The van der Waals surface area contributed by atoms with Gasteiger partial charge in [0, 0.05) is 17.6 Å². The summed E-state index contributed by atoms with van der Waals surface area (Å²) in [6.07, 6.45) is 0. The van der Waals surface area contributed by atoms with Gasteiger partial charge < -0.3 is 5.32 Å². The van der Waals surface area contributed by atoms with Crippen molar-refractivity contribution in [2.45, 2.75) is 26.4 Å². The van der Waals surface area contributed by atoms with Gasteiger partial charge in [0.05, 0.1) is 0 Å². The smallest absolute Gasteiger partial charge is 0.123 e. The second kappa shape index (κ2) is 6.18. The van der Waals surface area contributed by atoms with Crippen LogP contribution < -0.4 is 5.32 Å². The second-order valence-electron chi connectivity index (χ2n) is 4.69. The molecule has 0 aliphatic rings. The maximum absolute atomic E-state index is 13.2. The second-order valence-corrected chi connectivity index (χ2v) is 5.10. The molecule has 0 aliphatic carbocycles. The lowest BCUT2D eigenvalue weighted by Gasteiger charge is -2.16. The van der Waals surface area contributed by atoms with Crippen molar-refractivity contribution in [3.05, 3.63) is 70.0 Å². The fourth-order valence-electron chi connectivity index (χ4n) is 2.03. The summed E-state index contributed by atoms with van der Waals surface area (Å²) in [5.74, 6) is -0.201. The molecule has 3 heteroatoms. The Hall–Kier alpha value is -1.38. The highest BCUT2D eigenvalue weighted by atomic mass is 35.5. The van der Waals surface area contributed by atoms with Crippen LogP contribution in [0.25, 0.3) is 0 Å². The van der Waals surface area contributed by atoms with Crippen molar-refractivity contribution in [3.8, 4) is 0 Å². The van der Waals surface area contributed by atoms with Crippen molar-refractivity contribution < 1.29 is 4.39 Å². The van der Waals surface area contributed by atoms with E-state index >= 15 is 0 Å². The van der Waals surface area contributed by atoms with Gasteiger partial charge in [-0.1, -0.05) is 35.9 Å². The number of hydrogen-bond acceptors (Lipinski definition) is 1. The molecule has 0 fully saturated rings. The van der Waals surface area contributed by atoms with Crippen LogP contribution in [0.15, 0.2) is 42.5 Å². The summed E-state index contributed by atoms with van der Waals surface area (Å²) >= 11 is 6.16. The third-order valence-corrected chi connectivity index (χ3v) is 3.63. The van der Waals surface area contributed by atoms with Crippen molar-refractivity contribution in [3.63, 3.8) is 0 Å². The van der Waals surface area contributed by atoms with Gasteiger partial charge in [0.2, 0.25) is 0 Å². The average molecular weight is 278 g/mol. The minimum Gasteiger partial charge on any atom is -0.306 e. The summed E-state index contributed by atoms with van der Waals surface area (Å²) in [7, 11) is 0. The molecule has 0 aliphatic heterocycles. The van der Waals surface area contributed by atoms with Crippen molar-refractivity contribution >= 4 is 11.6 Å². The van der Waals surface area contributed by atoms with Crippen LogP contribution in [0.5, 0.6) is 0 Å². The zero-order valence-corrected chi connectivity index (χ0v) is 11.8. The molecule has 0 radical (unpaired) electrons. The molecule has 0 bridgehead atoms. The minimum atomic E-state index is -0.201. The first-order valence-corrected chi connectivity index (χ1v) is 6.68. The Labute approximate surface area is 118 Å². The van der Waals surface area contributed by atoms with E-state index in [4.69, 9.17) is 11.6 Å². The quantitative estimate of drug-likeness (QED) is 0.858. The molecule has 2 aromatic carbocycles. The standard InChI is InChI=1S/C16H17ClFN/c1-11-7-8-14(18)9-13(11)10-19-12(2)15-5-3-4-6-16(15)17/h3-9,12,19H,10H2,1-2H3/t12-/m1/s1. The van der Waals surface area contributed by atoms with E-state index in [-0.39, 0.29) is 11.9 Å². The summed E-state index contributed by atoms with van der Waals surface area (Å²) in [5.41, 5.74) is 3.11. The Morgan fingerprint density at radius 3 is 2.68 bits per heavy atom. The Morgan fingerprint density at radius 2 is 1.95 bits per heavy atom. The molecule has 0 heterocycles. The van der Waals surface area contributed by atoms with Crippen LogP contribution in [0.4, 0.5) is 4.39 Å². The van der Waals surface area contributed by atoms with Crippen molar-refractivity contribution in [1.82, 2.24) is 5.32 Å². The molecular formula is C16H17ClFN. The predicted molar refractivity (Wildman–Crippen MR) is 77.8 cm³/mol. The van der Waals surface area contributed by atoms with Crippen LogP contribution in [0, 0.1) is 12.7 Å². The van der Waals surface area contributed by atoms with Crippen LogP contribution in [0.3, 0.4) is 0 Å². The topological polar surface area (TPSA) is 12.0 Å². The van der Waals surface area contributed by atoms with Crippen molar-refractivity contribution in [2.75, 3.05) is 0 Å². The Kier molecular flexibility index (Phi) is 4.56. The summed E-state index contributed by atoms with van der Waals surface area (Å²) in [4.78, 5) is 0. The molecule has 19 heavy (non-hydrogen) atoms. The van der Waals surface area contributed by atoms with Crippen molar-refractivity contribution in [1.29, 1.82) is 0 Å². The van der Waals surface area contributed by atoms with Crippen LogP contribution in [-0.4, -0.2) is 0 Å². The number of rotatable bonds is 4. The SMILES string of the molecule is Cc1ccc(F)cc1CN[C@H](C)c1ccccc1Cl. The van der Waals surface area contributed by atoms with E-state index in [0.29, 0.717) is 6.54 Å². The third kappa shape index (κ3) is 3.55. The van der Waals surface area contributed by atoms with E-state index in [1.165, 1.54) is 6.07 Å². The molecule has 100 valence electrons. The molecule has 0 aromatic heterocycles. The zero-order chi connectivity index (χ0) is 13.8. The molecule has 0 unspecified atom stereocenters. The van der Waals surface area contributed by atoms with Crippen LogP contribution in [0.2, 0.25) is 5.02 Å². The first kappa shape index (κ1) is 14.0. The van der Waals surface area contributed by atoms with E-state index in [1.54, 1.807) is 12.1 Å². The lowest BCUT2D eigenvalue weighted by molar-refractivity contribution is 0.568. The summed E-state index contributed by atoms with van der Waals surface area (Å²) in [6, 6.07) is 12.7. The van der Waals surface area contributed by atoms with Crippen LogP contribution >= 0.6 is 11.6 Å². The molecule has 0 spiro atoms. The minimum absolute atomic E-state index is 0.122. The normalized spacial score (nSPS) is 12.4. The highest BCUT2D eigenvalue weighted by Crippen LogP contribution is 2.22. The van der Waals surface area contributed by atoms with Gasteiger partial charge in [-0.2, -0.15) is 0 Å². The fraction of sp³-hybridized carbons (Fsp3) is 0.250. The summed E-state index contributed by atoms with van der Waals surface area (Å²) in [5, 5.41) is 4.12. The number of benzene rings is 2. The molecule has 1 atom stereocenters. The molecule has 0 amide bonds. The van der Waals surface area contributed by atoms with E-state index in [2.05, 4.69) is 12.2 Å². The largest absolute Gasteiger partial charge is 0.306 e. The maximum atomic E-state index is 13.2. The molecule has 1 nitrogen and oxygen atoms in total. The molecular weight excluding hydrogens is 261 g/mol. The van der Waals surface area contributed by atoms with Gasteiger partial charge >= 0.3 is 0 Å². The van der Waals surface area contributed by atoms with E-state index < -0.39 is 0 Å². The lowest BCUT2D eigenvalue weighted by Crippen LogP contribution is -2.19. The van der Waals surface area contributed by atoms with E-state index in [0.717, 1.165) is 21.7 Å². The fourth-order valence-corrected chi connectivity index (χ4v) is 2.33. The van der Waals surface area contributed by atoms with Gasteiger partial charge in [0.15, 0.2) is 0 Å². The molecule has 1 N–H and O–H groups in total. The van der Waals surface area contributed by atoms with Gasteiger partial charge in [0.1, 0.15) is 5.82 Å². The number of aryl methyl sites for hydroxylation is 1. The molecule has 0 saturated heterocycles.